The number of carbonyl (C=O) groups is 1. The summed E-state index contributed by atoms with van der Waals surface area (Å²) in [4.78, 5) is 14.3. The van der Waals surface area contributed by atoms with Gasteiger partial charge in [-0.25, -0.2) is 5.43 Å². The molecule has 0 spiro atoms. The van der Waals surface area contributed by atoms with E-state index in [-0.39, 0.29) is 11.4 Å². The third-order valence-corrected chi connectivity index (χ3v) is 5.39. The van der Waals surface area contributed by atoms with Gasteiger partial charge < -0.3 is 4.90 Å². The quantitative estimate of drug-likeness (QED) is 0.553. The van der Waals surface area contributed by atoms with Gasteiger partial charge in [-0.15, -0.1) is 0 Å². The minimum atomic E-state index is -0.311. The molecule has 0 aliphatic carbocycles. The monoisotopic (exact) mass is 401 g/mol. The maximum absolute atomic E-state index is 12.1. The van der Waals surface area contributed by atoms with E-state index in [1.54, 1.807) is 30.5 Å². The molecule has 27 heavy (non-hydrogen) atoms. The highest BCUT2D eigenvalue weighted by Crippen LogP contribution is 2.40. The Hall–Kier alpha value is -2.30. The number of allylic oxidation sites excluding steroid dienone is 1. The van der Waals surface area contributed by atoms with Crippen molar-refractivity contribution >= 4 is 46.6 Å². The van der Waals surface area contributed by atoms with Crippen LogP contribution in [0.4, 0.5) is 5.69 Å². The molecule has 0 bridgehead atoms. The lowest BCUT2D eigenvalue weighted by atomic mass is 9.88. The number of fused-ring (bicyclic) bond motifs is 1. The van der Waals surface area contributed by atoms with Gasteiger partial charge in [0.25, 0.3) is 5.91 Å². The molecule has 2 aromatic carbocycles. The van der Waals surface area contributed by atoms with E-state index >= 15 is 0 Å². The van der Waals surface area contributed by atoms with Gasteiger partial charge in [-0.1, -0.05) is 29.3 Å². The second-order valence-corrected chi connectivity index (χ2v) is 7.98. The number of nitrogens with zero attached hydrogens (tertiary/aromatic N) is 2. The van der Waals surface area contributed by atoms with E-state index in [1.165, 1.54) is 5.57 Å². The first-order valence-corrected chi connectivity index (χ1v) is 9.31. The standard InChI is InChI=1S/C21H21Cl2N3O/c1-13-11-21(2,3)26(4)19-10-18(23)15(9-17(13)19)12-24-25-20(27)14-5-7-16(22)8-6-14/h5-12H,1-4H3,(H,25,27)/b24-12+. The van der Waals surface area contributed by atoms with Crippen LogP contribution in [0.2, 0.25) is 10.0 Å². The Kier molecular flexibility index (Phi) is 5.31. The van der Waals surface area contributed by atoms with E-state index in [4.69, 9.17) is 23.2 Å². The first-order valence-electron chi connectivity index (χ1n) is 8.55. The fourth-order valence-electron chi connectivity index (χ4n) is 3.11. The molecule has 0 fully saturated rings. The Labute approximate surface area is 169 Å². The Morgan fingerprint density at radius 3 is 2.52 bits per heavy atom. The molecule has 6 heteroatoms. The molecular weight excluding hydrogens is 381 g/mol. The lowest BCUT2D eigenvalue weighted by molar-refractivity contribution is 0.0955. The van der Waals surface area contributed by atoms with Crippen molar-refractivity contribution in [2.24, 2.45) is 5.10 Å². The van der Waals surface area contributed by atoms with Gasteiger partial charge in [0, 0.05) is 34.4 Å². The molecule has 1 heterocycles. The summed E-state index contributed by atoms with van der Waals surface area (Å²) in [6.07, 6.45) is 3.79. The Morgan fingerprint density at radius 2 is 1.85 bits per heavy atom. The van der Waals surface area contributed by atoms with Crippen molar-refractivity contribution < 1.29 is 4.79 Å². The van der Waals surface area contributed by atoms with Crippen LogP contribution >= 0.6 is 23.2 Å². The molecule has 1 amide bonds. The number of amides is 1. The number of likely N-dealkylation sites (N-methyl/N-ethyl adjacent to an activating group) is 1. The van der Waals surface area contributed by atoms with Gasteiger partial charge in [-0.3, -0.25) is 4.79 Å². The van der Waals surface area contributed by atoms with Crippen LogP contribution in [-0.4, -0.2) is 24.7 Å². The predicted molar refractivity (Wildman–Crippen MR) is 114 cm³/mol. The second-order valence-electron chi connectivity index (χ2n) is 7.14. The summed E-state index contributed by atoms with van der Waals surface area (Å²) in [6, 6.07) is 10.5. The number of nitrogens with one attached hydrogen (secondary N) is 1. The molecular formula is C21H21Cl2N3O. The minimum Gasteiger partial charge on any atom is -0.365 e. The lowest BCUT2D eigenvalue weighted by Gasteiger charge is -2.40. The maximum Gasteiger partial charge on any atom is 0.271 e. The topological polar surface area (TPSA) is 44.7 Å². The van der Waals surface area contributed by atoms with Crippen LogP contribution in [-0.2, 0) is 0 Å². The van der Waals surface area contributed by atoms with Crippen LogP contribution in [0.15, 0.2) is 47.6 Å². The van der Waals surface area contributed by atoms with Crippen molar-refractivity contribution in [3.63, 3.8) is 0 Å². The van der Waals surface area contributed by atoms with E-state index in [0.29, 0.717) is 15.6 Å². The van der Waals surface area contributed by atoms with Crippen LogP contribution in [0.1, 0.15) is 42.3 Å². The zero-order valence-corrected chi connectivity index (χ0v) is 17.2. The summed E-state index contributed by atoms with van der Waals surface area (Å²) in [5, 5.41) is 5.20. The van der Waals surface area contributed by atoms with Crippen LogP contribution in [0.25, 0.3) is 5.57 Å². The van der Waals surface area contributed by atoms with Gasteiger partial charge in [-0.05, 0) is 62.7 Å². The molecule has 3 rings (SSSR count). The van der Waals surface area contributed by atoms with E-state index in [9.17, 15) is 4.79 Å². The first-order chi connectivity index (χ1) is 12.7. The van der Waals surface area contributed by atoms with Crippen molar-refractivity contribution in [1.29, 1.82) is 0 Å². The SMILES string of the molecule is CC1=CC(C)(C)N(C)c2cc(Cl)c(/C=N/NC(=O)c3ccc(Cl)cc3)cc21. The normalized spacial score (nSPS) is 15.5. The maximum atomic E-state index is 12.1. The van der Waals surface area contributed by atoms with Gasteiger partial charge in [0.15, 0.2) is 0 Å². The average Bonchev–Trinajstić information content (AvgIpc) is 2.61. The van der Waals surface area contributed by atoms with Crippen molar-refractivity contribution in [1.82, 2.24) is 5.43 Å². The third kappa shape index (κ3) is 4.02. The molecule has 140 valence electrons. The number of halogens is 2. The molecule has 2 aromatic rings. The van der Waals surface area contributed by atoms with Crippen molar-refractivity contribution in [3.8, 4) is 0 Å². The number of anilines is 1. The summed E-state index contributed by atoms with van der Waals surface area (Å²) in [5.41, 5.74) is 7.02. The molecule has 0 unspecified atom stereocenters. The third-order valence-electron chi connectivity index (χ3n) is 4.81. The van der Waals surface area contributed by atoms with Crippen molar-refractivity contribution in [3.05, 3.63) is 69.2 Å². The number of carbonyl (C=O) groups excluding carboxylic acids is 1. The number of hydrogen-bond donors (Lipinski definition) is 1. The van der Waals surface area contributed by atoms with E-state index < -0.39 is 0 Å². The van der Waals surface area contributed by atoms with Gasteiger partial charge in [-0.2, -0.15) is 5.10 Å². The van der Waals surface area contributed by atoms with Gasteiger partial charge in [0.05, 0.1) is 16.8 Å². The van der Waals surface area contributed by atoms with Crippen molar-refractivity contribution in [2.45, 2.75) is 26.3 Å². The molecule has 1 aliphatic heterocycles. The van der Waals surface area contributed by atoms with Crippen LogP contribution in [0, 0.1) is 0 Å². The zero-order chi connectivity index (χ0) is 19.8. The molecule has 0 saturated carbocycles. The van der Waals surface area contributed by atoms with E-state index in [1.807, 2.05) is 12.1 Å². The Bertz CT molecular complexity index is 947. The molecule has 1 N–H and O–H groups in total. The highest BCUT2D eigenvalue weighted by atomic mass is 35.5. The van der Waals surface area contributed by atoms with Gasteiger partial charge >= 0.3 is 0 Å². The molecule has 0 saturated heterocycles. The van der Waals surface area contributed by atoms with E-state index in [0.717, 1.165) is 16.8 Å². The molecule has 4 nitrogen and oxygen atoms in total. The van der Waals surface area contributed by atoms with Gasteiger partial charge in [0.1, 0.15) is 0 Å². The zero-order valence-electron chi connectivity index (χ0n) is 15.7. The number of hydrazone groups is 1. The number of rotatable bonds is 3. The van der Waals surface area contributed by atoms with Crippen LogP contribution in [0.3, 0.4) is 0 Å². The lowest BCUT2D eigenvalue weighted by Crippen LogP contribution is -2.42. The summed E-state index contributed by atoms with van der Waals surface area (Å²) >= 11 is 12.3. The Morgan fingerprint density at radius 1 is 1.19 bits per heavy atom. The number of hydrogen-bond acceptors (Lipinski definition) is 3. The fraction of sp³-hybridized carbons (Fsp3) is 0.238. The molecule has 1 aliphatic rings. The smallest absolute Gasteiger partial charge is 0.271 e. The van der Waals surface area contributed by atoms with Crippen molar-refractivity contribution in [2.75, 3.05) is 11.9 Å². The minimum absolute atomic E-state index is 0.0808. The molecule has 0 aromatic heterocycles. The van der Waals surface area contributed by atoms with E-state index in [2.05, 4.69) is 49.3 Å². The second kappa shape index (κ2) is 7.37. The average molecular weight is 402 g/mol. The first kappa shape index (κ1) is 19.5. The Balaban J connectivity index is 1.82. The summed E-state index contributed by atoms with van der Waals surface area (Å²) < 4.78 is 0. The largest absolute Gasteiger partial charge is 0.365 e. The number of benzene rings is 2. The molecule has 0 atom stereocenters. The summed E-state index contributed by atoms with van der Waals surface area (Å²) in [5.74, 6) is -0.311. The summed E-state index contributed by atoms with van der Waals surface area (Å²) in [6.45, 7) is 6.41. The fourth-order valence-corrected chi connectivity index (χ4v) is 3.45. The molecule has 0 radical (unpaired) electrons. The van der Waals surface area contributed by atoms with Crippen LogP contribution < -0.4 is 10.3 Å². The predicted octanol–water partition coefficient (Wildman–Crippen LogP) is 5.39. The van der Waals surface area contributed by atoms with Crippen LogP contribution in [0.5, 0.6) is 0 Å². The summed E-state index contributed by atoms with van der Waals surface area (Å²) in [7, 11) is 2.05. The van der Waals surface area contributed by atoms with Gasteiger partial charge in [0.2, 0.25) is 0 Å². The highest BCUT2D eigenvalue weighted by Gasteiger charge is 2.29. The highest BCUT2D eigenvalue weighted by molar-refractivity contribution is 6.33.